The van der Waals surface area contributed by atoms with Crippen LogP contribution in [0.25, 0.3) is 0 Å². The highest BCUT2D eigenvalue weighted by atomic mass is 16.5. The van der Waals surface area contributed by atoms with Gasteiger partial charge in [0.15, 0.2) is 0 Å². The Hall–Kier alpha value is -1.71. The Balaban J connectivity index is 2.05. The number of anilines is 1. The monoisotopic (exact) mass is 249 g/mol. The highest BCUT2D eigenvalue weighted by Gasteiger charge is 2.15. The Morgan fingerprint density at radius 2 is 1.89 bits per heavy atom. The molecule has 4 heteroatoms. The predicted octanol–water partition coefficient (Wildman–Crippen LogP) is 3.07. The number of nitrogen functional groups attached to an aromatic ring is 1. The van der Waals surface area contributed by atoms with Gasteiger partial charge in [0, 0.05) is 11.8 Å². The summed E-state index contributed by atoms with van der Waals surface area (Å²) >= 11 is 0. The van der Waals surface area contributed by atoms with Crippen molar-refractivity contribution in [2.24, 2.45) is 0 Å². The summed E-state index contributed by atoms with van der Waals surface area (Å²) in [5.41, 5.74) is 6.08. The molecule has 4 nitrogen and oxygen atoms in total. The molecule has 0 saturated heterocycles. The van der Waals surface area contributed by atoms with Gasteiger partial charge in [-0.15, -0.1) is 0 Å². The van der Waals surface area contributed by atoms with E-state index in [0.717, 1.165) is 12.8 Å². The van der Waals surface area contributed by atoms with Crippen LogP contribution in [0.1, 0.15) is 48.9 Å². The third-order valence-electron chi connectivity index (χ3n) is 3.36. The fourth-order valence-corrected chi connectivity index (χ4v) is 2.36. The van der Waals surface area contributed by atoms with E-state index in [4.69, 9.17) is 15.6 Å². The fourth-order valence-electron chi connectivity index (χ4n) is 2.36. The van der Waals surface area contributed by atoms with E-state index in [-0.39, 0.29) is 17.4 Å². The van der Waals surface area contributed by atoms with Gasteiger partial charge < -0.3 is 15.6 Å². The second-order valence-electron chi connectivity index (χ2n) is 4.79. The molecule has 0 amide bonds. The molecule has 1 aliphatic carbocycles. The summed E-state index contributed by atoms with van der Waals surface area (Å²) < 4.78 is 5.88. The van der Waals surface area contributed by atoms with Crippen LogP contribution in [0.15, 0.2) is 18.2 Å². The summed E-state index contributed by atoms with van der Waals surface area (Å²) in [6.45, 7) is 0. The van der Waals surface area contributed by atoms with Crippen LogP contribution in [0.2, 0.25) is 0 Å². The van der Waals surface area contributed by atoms with E-state index in [0.29, 0.717) is 5.75 Å². The number of carbonyl (C=O) groups is 1. The third kappa shape index (κ3) is 3.15. The van der Waals surface area contributed by atoms with Gasteiger partial charge in [0.05, 0.1) is 11.7 Å². The molecule has 0 bridgehead atoms. The Bertz CT molecular complexity index is 423. The molecule has 98 valence electrons. The largest absolute Gasteiger partial charge is 0.490 e. The lowest BCUT2D eigenvalue weighted by atomic mass is 10.1. The van der Waals surface area contributed by atoms with Gasteiger partial charge in [-0.2, -0.15) is 0 Å². The molecule has 1 aromatic rings. The number of carboxylic acid groups (broad SMARTS) is 1. The maximum atomic E-state index is 10.8. The van der Waals surface area contributed by atoms with Crippen molar-refractivity contribution in [2.75, 3.05) is 5.73 Å². The van der Waals surface area contributed by atoms with Crippen molar-refractivity contribution < 1.29 is 14.6 Å². The van der Waals surface area contributed by atoms with Crippen molar-refractivity contribution in [3.63, 3.8) is 0 Å². The second-order valence-corrected chi connectivity index (χ2v) is 4.79. The molecular formula is C14H19NO3. The molecule has 0 radical (unpaired) electrons. The zero-order chi connectivity index (χ0) is 13.0. The van der Waals surface area contributed by atoms with Crippen molar-refractivity contribution >= 4 is 11.7 Å². The molecule has 0 atom stereocenters. The minimum Gasteiger partial charge on any atom is -0.490 e. The molecule has 0 aliphatic heterocycles. The first-order chi connectivity index (χ1) is 8.66. The van der Waals surface area contributed by atoms with Crippen LogP contribution >= 0.6 is 0 Å². The summed E-state index contributed by atoms with van der Waals surface area (Å²) in [5.74, 6) is -0.335. The van der Waals surface area contributed by atoms with Crippen LogP contribution in [0.4, 0.5) is 5.69 Å². The molecule has 1 aliphatic rings. The van der Waals surface area contributed by atoms with Gasteiger partial charge in [-0.25, -0.2) is 4.79 Å². The van der Waals surface area contributed by atoms with Gasteiger partial charge in [-0.1, -0.05) is 12.8 Å². The topological polar surface area (TPSA) is 72.5 Å². The zero-order valence-corrected chi connectivity index (χ0v) is 10.4. The Morgan fingerprint density at radius 1 is 1.22 bits per heavy atom. The Morgan fingerprint density at radius 3 is 2.44 bits per heavy atom. The number of aromatic carboxylic acids is 1. The summed E-state index contributed by atoms with van der Waals surface area (Å²) in [6.07, 6.45) is 7.34. The minimum absolute atomic E-state index is 0.128. The lowest BCUT2D eigenvalue weighted by Gasteiger charge is -2.17. The predicted molar refractivity (Wildman–Crippen MR) is 69.9 cm³/mol. The fraction of sp³-hybridized carbons (Fsp3) is 0.500. The van der Waals surface area contributed by atoms with E-state index < -0.39 is 5.97 Å². The van der Waals surface area contributed by atoms with Crippen LogP contribution < -0.4 is 10.5 Å². The minimum atomic E-state index is -1.01. The van der Waals surface area contributed by atoms with Crippen molar-refractivity contribution in [3.8, 4) is 5.75 Å². The second kappa shape index (κ2) is 5.76. The number of hydrogen-bond acceptors (Lipinski definition) is 3. The van der Waals surface area contributed by atoms with Crippen LogP contribution in [0, 0.1) is 0 Å². The van der Waals surface area contributed by atoms with E-state index in [1.165, 1.54) is 31.7 Å². The van der Waals surface area contributed by atoms with Crippen LogP contribution in [0.5, 0.6) is 5.75 Å². The molecule has 0 aromatic heterocycles. The van der Waals surface area contributed by atoms with Crippen molar-refractivity contribution in [3.05, 3.63) is 23.8 Å². The molecular weight excluding hydrogens is 230 g/mol. The number of rotatable bonds is 3. The molecule has 1 fully saturated rings. The number of benzene rings is 1. The first-order valence-electron chi connectivity index (χ1n) is 6.46. The van der Waals surface area contributed by atoms with Gasteiger partial charge >= 0.3 is 5.97 Å². The van der Waals surface area contributed by atoms with E-state index in [1.807, 2.05) is 0 Å². The van der Waals surface area contributed by atoms with E-state index in [9.17, 15) is 4.79 Å². The lowest BCUT2D eigenvalue weighted by Crippen LogP contribution is -2.15. The molecule has 2 rings (SSSR count). The Labute approximate surface area is 107 Å². The van der Waals surface area contributed by atoms with E-state index in [2.05, 4.69) is 0 Å². The molecule has 18 heavy (non-hydrogen) atoms. The Kier molecular flexibility index (Phi) is 4.07. The highest BCUT2D eigenvalue weighted by Crippen LogP contribution is 2.25. The number of hydrogen-bond donors (Lipinski definition) is 2. The smallest absolute Gasteiger partial charge is 0.337 e. The third-order valence-corrected chi connectivity index (χ3v) is 3.36. The summed E-state index contributed by atoms with van der Waals surface area (Å²) in [7, 11) is 0. The first-order valence-corrected chi connectivity index (χ1v) is 6.46. The zero-order valence-electron chi connectivity index (χ0n) is 10.4. The molecule has 0 spiro atoms. The number of carboxylic acids is 1. The molecule has 3 N–H and O–H groups in total. The van der Waals surface area contributed by atoms with Crippen molar-refractivity contribution in [1.29, 1.82) is 0 Å². The summed E-state index contributed by atoms with van der Waals surface area (Å²) in [6, 6.07) is 4.79. The molecule has 0 unspecified atom stereocenters. The summed E-state index contributed by atoms with van der Waals surface area (Å²) in [4.78, 5) is 10.8. The first kappa shape index (κ1) is 12.7. The maximum Gasteiger partial charge on any atom is 0.337 e. The molecule has 1 saturated carbocycles. The highest BCUT2D eigenvalue weighted by molar-refractivity contribution is 5.93. The van der Waals surface area contributed by atoms with Crippen molar-refractivity contribution in [2.45, 2.75) is 44.6 Å². The van der Waals surface area contributed by atoms with Crippen LogP contribution in [-0.2, 0) is 0 Å². The number of ether oxygens (including phenoxy) is 1. The quantitative estimate of drug-likeness (QED) is 0.638. The van der Waals surface area contributed by atoms with Gasteiger partial charge in [0.2, 0.25) is 0 Å². The van der Waals surface area contributed by atoms with Gasteiger partial charge in [0.1, 0.15) is 5.75 Å². The number of nitrogens with two attached hydrogens (primary N) is 1. The van der Waals surface area contributed by atoms with Crippen LogP contribution in [-0.4, -0.2) is 17.2 Å². The standard InChI is InChI=1S/C14H19NO3/c15-13-9-11(7-8-12(13)14(16)17)18-10-5-3-1-2-4-6-10/h7-10H,1-6,15H2,(H,16,17). The van der Waals surface area contributed by atoms with Crippen LogP contribution in [0.3, 0.4) is 0 Å². The average Bonchev–Trinajstić information content (AvgIpc) is 2.57. The van der Waals surface area contributed by atoms with Gasteiger partial charge in [-0.3, -0.25) is 0 Å². The van der Waals surface area contributed by atoms with E-state index >= 15 is 0 Å². The molecule has 0 heterocycles. The average molecular weight is 249 g/mol. The lowest BCUT2D eigenvalue weighted by molar-refractivity contribution is 0.0698. The van der Waals surface area contributed by atoms with Gasteiger partial charge in [0.25, 0.3) is 0 Å². The maximum absolute atomic E-state index is 10.8. The SMILES string of the molecule is Nc1cc(OC2CCCCCC2)ccc1C(=O)O. The normalized spacial score (nSPS) is 17.1. The molecule has 1 aromatic carbocycles. The van der Waals surface area contributed by atoms with Gasteiger partial charge in [-0.05, 0) is 37.8 Å². The van der Waals surface area contributed by atoms with Crippen molar-refractivity contribution in [1.82, 2.24) is 0 Å². The summed E-state index contributed by atoms with van der Waals surface area (Å²) in [5, 5.41) is 8.89. The van der Waals surface area contributed by atoms with E-state index in [1.54, 1.807) is 12.1 Å².